The van der Waals surface area contributed by atoms with Crippen molar-refractivity contribution in [1.82, 2.24) is 10.2 Å². The smallest absolute Gasteiger partial charge is 0.306 e. The highest BCUT2D eigenvalue weighted by Gasteiger charge is 2.49. The van der Waals surface area contributed by atoms with E-state index in [1.807, 2.05) is 6.92 Å². The van der Waals surface area contributed by atoms with Crippen LogP contribution in [0.2, 0.25) is 0 Å². The topological polar surface area (TPSA) is 110 Å². The van der Waals surface area contributed by atoms with Gasteiger partial charge in [-0.1, -0.05) is 26.2 Å². The molecule has 1 unspecified atom stereocenters. The molecule has 0 radical (unpaired) electrons. The molecule has 27 heavy (non-hydrogen) atoms. The zero-order chi connectivity index (χ0) is 19.9. The fourth-order valence-electron chi connectivity index (χ4n) is 3.26. The van der Waals surface area contributed by atoms with Crippen molar-refractivity contribution in [2.24, 2.45) is 0 Å². The molecule has 0 aliphatic carbocycles. The van der Waals surface area contributed by atoms with E-state index in [0.29, 0.717) is 38.6 Å². The van der Waals surface area contributed by atoms with Crippen LogP contribution in [0.1, 0.15) is 64.7 Å². The first-order valence-corrected chi connectivity index (χ1v) is 9.47. The molecule has 2 heterocycles. The van der Waals surface area contributed by atoms with E-state index < -0.39 is 23.4 Å². The van der Waals surface area contributed by atoms with Crippen LogP contribution in [0.25, 0.3) is 0 Å². The summed E-state index contributed by atoms with van der Waals surface area (Å²) in [5.74, 6) is -2.09. The number of hydrogen-bond acceptors (Lipinski definition) is 6. The van der Waals surface area contributed by atoms with Gasteiger partial charge in [0.25, 0.3) is 17.7 Å². The average Bonchev–Trinajstić information content (AvgIpc) is 3.07. The van der Waals surface area contributed by atoms with Crippen LogP contribution >= 0.6 is 0 Å². The van der Waals surface area contributed by atoms with Crippen molar-refractivity contribution < 1.29 is 28.7 Å². The van der Waals surface area contributed by atoms with Crippen LogP contribution in [0.15, 0.2) is 12.2 Å². The van der Waals surface area contributed by atoms with E-state index in [2.05, 4.69) is 5.32 Å². The molecule has 0 spiro atoms. The molecule has 8 nitrogen and oxygen atoms in total. The largest absolute Gasteiger partial charge is 0.448 e. The summed E-state index contributed by atoms with van der Waals surface area (Å²) in [6.07, 6.45) is 7.13. The van der Waals surface area contributed by atoms with Crippen molar-refractivity contribution in [2.45, 2.75) is 70.3 Å². The van der Waals surface area contributed by atoms with Crippen molar-refractivity contribution >= 4 is 29.6 Å². The predicted molar refractivity (Wildman–Crippen MR) is 95.1 cm³/mol. The van der Waals surface area contributed by atoms with Crippen LogP contribution in [0, 0.1) is 0 Å². The maximum absolute atomic E-state index is 12.2. The van der Waals surface area contributed by atoms with Gasteiger partial charge in [-0.3, -0.25) is 34.2 Å². The fourth-order valence-corrected chi connectivity index (χ4v) is 3.26. The Balaban J connectivity index is 1.74. The first kappa shape index (κ1) is 20.8. The number of rotatable bonds is 11. The molecular weight excluding hydrogens is 352 g/mol. The van der Waals surface area contributed by atoms with Gasteiger partial charge in [-0.05, 0) is 25.7 Å². The zero-order valence-corrected chi connectivity index (χ0v) is 15.6. The van der Waals surface area contributed by atoms with E-state index in [9.17, 15) is 24.0 Å². The van der Waals surface area contributed by atoms with Crippen molar-refractivity contribution in [3.05, 3.63) is 12.2 Å². The average molecular weight is 378 g/mol. The van der Waals surface area contributed by atoms with Gasteiger partial charge in [0.1, 0.15) is 0 Å². The highest BCUT2D eigenvalue weighted by atomic mass is 16.6. The number of hydrogen-bond donors (Lipinski definition) is 1. The Morgan fingerprint density at radius 1 is 1.07 bits per heavy atom. The zero-order valence-electron chi connectivity index (χ0n) is 15.6. The van der Waals surface area contributed by atoms with Gasteiger partial charge in [-0.25, -0.2) is 0 Å². The molecule has 0 aromatic heterocycles. The van der Waals surface area contributed by atoms with Gasteiger partial charge in [-0.2, -0.15) is 0 Å². The number of carbonyl (C=O) groups excluding carboxylic acids is 5. The molecule has 2 aliphatic heterocycles. The summed E-state index contributed by atoms with van der Waals surface area (Å²) in [4.78, 5) is 59.9. The Hall–Kier alpha value is -2.51. The molecule has 0 bridgehead atoms. The van der Waals surface area contributed by atoms with E-state index in [4.69, 9.17) is 4.74 Å². The minimum atomic E-state index is -1.37. The normalized spacial score (nSPS) is 21.9. The SMILES string of the molecule is CCCCCC1(OC(=O)CCCCCN2C(=O)C=CC2=O)CC(=O)NC1=O. The standard InChI is InChI=1S/C19H26N2O6/c1-2-3-6-11-19(13-14(22)20-18(19)26)27-17(25)8-5-4-7-12-21-15(23)9-10-16(21)24/h9-10H,2-8,11-13H2,1H3,(H,20,22,26). The summed E-state index contributed by atoms with van der Waals surface area (Å²) in [6.45, 7) is 2.34. The highest BCUT2D eigenvalue weighted by molar-refractivity contribution is 6.12. The number of ether oxygens (including phenoxy) is 1. The van der Waals surface area contributed by atoms with Gasteiger partial charge >= 0.3 is 5.97 Å². The molecule has 0 aromatic rings. The molecular formula is C19H26N2O6. The molecule has 2 aliphatic rings. The molecule has 1 atom stereocenters. The van der Waals surface area contributed by atoms with Gasteiger partial charge in [0.05, 0.1) is 6.42 Å². The Labute approximate surface area is 158 Å². The van der Waals surface area contributed by atoms with E-state index in [1.54, 1.807) is 0 Å². The molecule has 1 saturated heterocycles. The summed E-state index contributed by atoms with van der Waals surface area (Å²) in [5.41, 5.74) is -1.37. The Morgan fingerprint density at radius 3 is 2.37 bits per heavy atom. The van der Waals surface area contributed by atoms with Crippen LogP contribution < -0.4 is 5.32 Å². The summed E-state index contributed by atoms with van der Waals surface area (Å²) in [5, 5.41) is 2.23. The fraction of sp³-hybridized carbons (Fsp3) is 0.632. The maximum atomic E-state index is 12.2. The van der Waals surface area contributed by atoms with E-state index in [0.717, 1.165) is 17.7 Å². The summed E-state index contributed by atoms with van der Waals surface area (Å²) < 4.78 is 5.44. The molecule has 4 amide bonds. The van der Waals surface area contributed by atoms with Crippen molar-refractivity contribution in [2.75, 3.05) is 6.54 Å². The van der Waals surface area contributed by atoms with Crippen LogP contribution in [0.3, 0.4) is 0 Å². The number of imide groups is 2. The first-order valence-electron chi connectivity index (χ1n) is 9.47. The van der Waals surface area contributed by atoms with Crippen LogP contribution in [-0.2, 0) is 28.7 Å². The highest BCUT2D eigenvalue weighted by Crippen LogP contribution is 2.29. The number of nitrogens with zero attached hydrogens (tertiary/aromatic N) is 1. The van der Waals surface area contributed by atoms with E-state index in [-0.39, 0.29) is 24.7 Å². The second-order valence-corrected chi connectivity index (χ2v) is 6.95. The Morgan fingerprint density at radius 2 is 1.78 bits per heavy atom. The van der Waals surface area contributed by atoms with Crippen LogP contribution in [0.4, 0.5) is 0 Å². The molecule has 2 rings (SSSR count). The Bertz CT molecular complexity index is 639. The van der Waals surface area contributed by atoms with Crippen LogP contribution in [-0.4, -0.2) is 46.6 Å². The lowest BCUT2D eigenvalue weighted by molar-refractivity contribution is -0.167. The van der Waals surface area contributed by atoms with Gasteiger partial charge < -0.3 is 4.74 Å². The molecule has 1 N–H and O–H groups in total. The predicted octanol–water partition coefficient (Wildman–Crippen LogP) is 1.38. The van der Waals surface area contributed by atoms with E-state index in [1.165, 1.54) is 12.2 Å². The van der Waals surface area contributed by atoms with Gasteiger partial charge in [0, 0.05) is 25.1 Å². The second kappa shape index (κ2) is 9.43. The minimum absolute atomic E-state index is 0.118. The first-order chi connectivity index (χ1) is 12.9. The number of unbranched alkanes of at least 4 members (excludes halogenated alkanes) is 4. The van der Waals surface area contributed by atoms with Crippen molar-refractivity contribution in [1.29, 1.82) is 0 Å². The number of carbonyl (C=O) groups is 5. The lowest BCUT2D eigenvalue weighted by Crippen LogP contribution is -2.42. The number of amides is 4. The molecule has 0 aromatic carbocycles. The number of nitrogens with one attached hydrogen (secondary N) is 1. The van der Waals surface area contributed by atoms with Gasteiger partial charge in [-0.15, -0.1) is 0 Å². The molecule has 148 valence electrons. The monoisotopic (exact) mass is 378 g/mol. The third-order valence-electron chi connectivity index (χ3n) is 4.77. The summed E-state index contributed by atoms with van der Waals surface area (Å²) in [7, 11) is 0. The van der Waals surface area contributed by atoms with Crippen LogP contribution in [0.5, 0.6) is 0 Å². The lowest BCUT2D eigenvalue weighted by atomic mass is 9.94. The van der Waals surface area contributed by atoms with E-state index >= 15 is 0 Å². The van der Waals surface area contributed by atoms with Gasteiger partial charge in [0.15, 0.2) is 5.60 Å². The quantitative estimate of drug-likeness (QED) is 0.330. The maximum Gasteiger partial charge on any atom is 0.306 e. The summed E-state index contributed by atoms with van der Waals surface area (Å²) in [6, 6.07) is 0. The van der Waals surface area contributed by atoms with Gasteiger partial charge in [0.2, 0.25) is 5.91 Å². The Kier molecular flexibility index (Phi) is 7.27. The number of esters is 1. The summed E-state index contributed by atoms with van der Waals surface area (Å²) >= 11 is 0. The molecule has 8 heteroatoms. The third-order valence-corrected chi connectivity index (χ3v) is 4.77. The lowest BCUT2D eigenvalue weighted by Gasteiger charge is -2.25. The molecule has 1 fully saturated rings. The minimum Gasteiger partial charge on any atom is -0.448 e. The van der Waals surface area contributed by atoms with Crippen molar-refractivity contribution in [3.8, 4) is 0 Å². The third kappa shape index (κ3) is 5.48. The second-order valence-electron chi connectivity index (χ2n) is 6.95. The molecule has 0 saturated carbocycles. The van der Waals surface area contributed by atoms with Crippen molar-refractivity contribution in [3.63, 3.8) is 0 Å².